The average molecular weight is 492 g/mol. The number of carbonyl (C=O) groups is 3. The average Bonchev–Trinajstić information content (AvgIpc) is 3.11. The molecule has 0 bridgehead atoms. The van der Waals surface area contributed by atoms with Gasteiger partial charge in [-0.25, -0.2) is 0 Å². The first kappa shape index (κ1) is 24.7. The monoisotopic (exact) mass is 491 g/mol. The van der Waals surface area contributed by atoms with E-state index in [1.807, 2.05) is 62.4 Å². The van der Waals surface area contributed by atoms with Crippen LogP contribution in [0.2, 0.25) is 5.02 Å². The van der Waals surface area contributed by atoms with E-state index in [1.165, 1.54) is 0 Å². The summed E-state index contributed by atoms with van der Waals surface area (Å²) in [5.74, 6) is -0.361. The Morgan fingerprint density at radius 3 is 2.37 bits per heavy atom. The van der Waals surface area contributed by atoms with Crippen molar-refractivity contribution in [2.75, 3.05) is 11.4 Å². The third-order valence-electron chi connectivity index (χ3n) is 6.29. The fourth-order valence-corrected chi connectivity index (χ4v) is 4.63. The molecule has 0 spiro atoms. The Bertz CT molecular complexity index is 1250. The number of hydrogen-bond acceptors (Lipinski definition) is 3. The molecule has 0 aromatic heterocycles. The van der Waals surface area contributed by atoms with Crippen molar-refractivity contribution in [3.8, 4) is 0 Å². The molecule has 1 atom stereocenters. The first-order valence-corrected chi connectivity index (χ1v) is 12.3. The van der Waals surface area contributed by atoms with Gasteiger partial charge in [0.2, 0.25) is 11.8 Å². The standard InChI is InChI=1S/C28H30ClN3O3/c1-18(2)30-27(34)19(3)32(17-20-12-14-22(29)15-13-20)25(33)11-6-16-31-24-10-5-8-21-7-4-9-23(26(21)24)28(31)35/h4-5,7-10,12-15,18-19H,6,11,16-17H2,1-3H3,(H,30,34)/t19-/m1/s1. The lowest BCUT2D eigenvalue weighted by Gasteiger charge is -2.29. The molecule has 0 fully saturated rings. The summed E-state index contributed by atoms with van der Waals surface area (Å²) in [6.07, 6.45) is 0.716. The third-order valence-corrected chi connectivity index (χ3v) is 6.54. The Balaban J connectivity index is 1.46. The highest BCUT2D eigenvalue weighted by atomic mass is 35.5. The van der Waals surface area contributed by atoms with Crippen molar-refractivity contribution in [1.29, 1.82) is 0 Å². The summed E-state index contributed by atoms with van der Waals surface area (Å²) in [7, 11) is 0. The summed E-state index contributed by atoms with van der Waals surface area (Å²) in [6, 6.07) is 18.2. The molecule has 1 aliphatic rings. The SMILES string of the molecule is CC(C)NC(=O)[C@@H](C)N(Cc1ccc(Cl)cc1)C(=O)CCCN1C(=O)c2cccc3cccc1c23. The number of nitrogens with one attached hydrogen (secondary N) is 1. The van der Waals surface area contributed by atoms with Crippen LogP contribution in [0, 0.1) is 0 Å². The van der Waals surface area contributed by atoms with E-state index in [2.05, 4.69) is 5.32 Å². The lowest BCUT2D eigenvalue weighted by molar-refractivity contribution is -0.140. The predicted octanol–water partition coefficient (Wildman–Crippen LogP) is 5.18. The Kier molecular flexibility index (Phi) is 7.41. The van der Waals surface area contributed by atoms with E-state index in [1.54, 1.807) is 28.9 Å². The molecule has 182 valence electrons. The van der Waals surface area contributed by atoms with Gasteiger partial charge in [-0.15, -0.1) is 0 Å². The third kappa shape index (κ3) is 5.33. The number of amides is 3. The second-order valence-electron chi connectivity index (χ2n) is 9.23. The second kappa shape index (κ2) is 10.5. The largest absolute Gasteiger partial charge is 0.352 e. The molecule has 3 amide bonds. The maximum Gasteiger partial charge on any atom is 0.258 e. The van der Waals surface area contributed by atoms with Crippen LogP contribution in [0.25, 0.3) is 10.8 Å². The van der Waals surface area contributed by atoms with Crippen LogP contribution in [0.5, 0.6) is 0 Å². The number of rotatable bonds is 9. The van der Waals surface area contributed by atoms with Gasteiger partial charge in [0.25, 0.3) is 5.91 Å². The molecule has 35 heavy (non-hydrogen) atoms. The molecule has 3 aromatic rings. The highest BCUT2D eigenvalue weighted by Gasteiger charge is 2.30. The topological polar surface area (TPSA) is 69.7 Å². The maximum atomic E-state index is 13.3. The van der Waals surface area contributed by atoms with Crippen molar-refractivity contribution in [2.24, 2.45) is 0 Å². The van der Waals surface area contributed by atoms with E-state index in [0.717, 1.165) is 22.0 Å². The zero-order chi connectivity index (χ0) is 25.1. The van der Waals surface area contributed by atoms with Crippen LogP contribution in [0.3, 0.4) is 0 Å². The molecule has 0 saturated heterocycles. The fraction of sp³-hybridized carbons (Fsp3) is 0.321. The van der Waals surface area contributed by atoms with Gasteiger partial charge in [-0.1, -0.05) is 48.0 Å². The molecule has 3 aromatic carbocycles. The van der Waals surface area contributed by atoms with Gasteiger partial charge in [-0.05, 0) is 62.4 Å². The zero-order valence-electron chi connectivity index (χ0n) is 20.3. The molecule has 7 heteroatoms. The van der Waals surface area contributed by atoms with Crippen LogP contribution in [0.15, 0.2) is 60.7 Å². The van der Waals surface area contributed by atoms with E-state index < -0.39 is 6.04 Å². The van der Waals surface area contributed by atoms with Crippen LogP contribution in [0.1, 0.15) is 49.5 Å². The van der Waals surface area contributed by atoms with Crippen molar-refractivity contribution in [3.63, 3.8) is 0 Å². The molecule has 0 saturated carbocycles. The molecule has 4 rings (SSSR count). The van der Waals surface area contributed by atoms with Crippen molar-refractivity contribution in [3.05, 3.63) is 76.8 Å². The summed E-state index contributed by atoms with van der Waals surface area (Å²) in [4.78, 5) is 42.4. The van der Waals surface area contributed by atoms with Crippen LogP contribution in [-0.4, -0.2) is 41.2 Å². The smallest absolute Gasteiger partial charge is 0.258 e. The number of anilines is 1. The molecule has 0 radical (unpaired) electrons. The van der Waals surface area contributed by atoms with E-state index >= 15 is 0 Å². The lowest BCUT2D eigenvalue weighted by Crippen LogP contribution is -2.49. The molecule has 1 heterocycles. The highest BCUT2D eigenvalue weighted by molar-refractivity contribution is 6.30. The van der Waals surface area contributed by atoms with Gasteiger partial charge in [-0.2, -0.15) is 0 Å². The van der Waals surface area contributed by atoms with Gasteiger partial charge in [0, 0.05) is 41.5 Å². The zero-order valence-corrected chi connectivity index (χ0v) is 21.0. The minimum absolute atomic E-state index is 0.0250. The first-order chi connectivity index (χ1) is 16.8. The van der Waals surface area contributed by atoms with Gasteiger partial charge in [-0.3, -0.25) is 14.4 Å². The molecular weight excluding hydrogens is 462 g/mol. The highest BCUT2D eigenvalue weighted by Crippen LogP contribution is 2.37. The Morgan fingerprint density at radius 2 is 1.69 bits per heavy atom. The van der Waals surface area contributed by atoms with E-state index in [0.29, 0.717) is 30.1 Å². The van der Waals surface area contributed by atoms with Gasteiger partial charge in [0.15, 0.2) is 0 Å². The van der Waals surface area contributed by atoms with Gasteiger partial charge in [0.1, 0.15) is 6.04 Å². The summed E-state index contributed by atoms with van der Waals surface area (Å²) >= 11 is 6.01. The number of carbonyl (C=O) groups excluding carboxylic acids is 3. The van der Waals surface area contributed by atoms with Crippen molar-refractivity contribution in [2.45, 2.75) is 52.2 Å². The second-order valence-corrected chi connectivity index (χ2v) is 9.66. The number of hydrogen-bond donors (Lipinski definition) is 1. The minimum Gasteiger partial charge on any atom is -0.352 e. The van der Waals surface area contributed by atoms with Gasteiger partial charge < -0.3 is 15.1 Å². The maximum absolute atomic E-state index is 13.3. The molecule has 1 aliphatic heterocycles. The van der Waals surface area contributed by atoms with Crippen molar-refractivity contribution < 1.29 is 14.4 Å². The van der Waals surface area contributed by atoms with E-state index in [4.69, 9.17) is 11.6 Å². The number of benzene rings is 3. The quantitative estimate of drug-likeness (QED) is 0.448. The molecule has 0 aliphatic carbocycles. The minimum atomic E-state index is -0.632. The number of halogens is 1. The van der Waals surface area contributed by atoms with Crippen LogP contribution in [-0.2, 0) is 16.1 Å². The van der Waals surface area contributed by atoms with E-state index in [-0.39, 0.29) is 30.2 Å². The Morgan fingerprint density at radius 1 is 1.00 bits per heavy atom. The summed E-state index contributed by atoms with van der Waals surface area (Å²) < 4.78 is 0. The van der Waals surface area contributed by atoms with Crippen molar-refractivity contribution >= 4 is 45.8 Å². The fourth-order valence-electron chi connectivity index (χ4n) is 4.51. The number of nitrogens with zero attached hydrogens (tertiary/aromatic N) is 2. The summed E-state index contributed by atoms with van der Waals surface area (Å²) in [5, 5.41) is 5.51. The molecule has 1 N–H and O–H groups in total. The van der Waals surface area contributed by atoms with Gasteiger partial charge in [0.05, 0.1) is 5.69 Å². The van der Waals surface area contributed by atoms with E-state index in [9.17, 15) is 14.4 Å². The summed E-state index contributed by atoms with van der Waals surface area (Å²) in [5.41, 5.74) is 2.48. The summed E-state index contributed by atoms with van der Waals surface area (Å²) in [6.45, 7) is 6.26. The molecule has 0 unspecified atom stereocenters. The van der Waals surface area contributed by atoms with Crippen LogP contribution >= 0.6 is 11.6 Å². The molecule has 6 nitrogen and oxygen atoms in total. The van der Waals surface area contributed by atoms with Crippen molar-refractivity contribution in [1.82, 2.24) is 10.2 Å². The first-order valence-electron chi connectivity index (χ1n) is 11.9. The van der Waals surface area contributed by atoms with Gasteiger partial charge >= 0.3 is 0 Å². The molecular formula is C28H30ClN3O3. The normalized spacial score (nSPS) is 13.4. The Hall–Kier alpha value is -3.38. The lowest BCUT2D eigenvalue weighted by atomic mass is 10.1. The Labute approximate surface area is 210 Å². The van der Waals surface area contributed by atoms with Crippen LogP contribution in [0.4, 0.5) is 5.69 Å². The van der Waals surface area contributed by atoms with Crippen LogP contribution < -0.4 is 10.2 Å². The predicted molar refractivity (Wildman–Crippen MR) is 140 cm³/mol.